The molecule has 1 heterocycles. The molecule has 18 heavy (non-hydrogen) atoms. The molecule has 1 amide bonds. The van der Waals surface area contributed by atoms with Crippen LogP contribution in [-0.4, -0.2) is 35.5 Å². The van der Waals surface area contributed by atoms with Crippen LogP contribution in [0.1, 0.15) is 59.3 Å². The number of amides is 1. The minimum Gasteiger partial charge on any atom is -0.338 e. The lowest BCUT2D eigenvalue weighted by Crippen LogP contribution is -2.47. The average Bonchev–Trinajstić information content (AvgIpc) is 2.70. The van der Waals surface area contributed by atoms with Crippen molar-refractivity contribution in [2.24, 2.45) is 5.92 Å². The van der Waals surface area contributed by atoms with Gasteiger partial charge >= 0.3 is 0 Å². The molecule has 1 aliphatic carbocycles. The molecule has 0 aromatic carbocycles. The summed E-state index contributed by atoms with van der Waals surface area (Å²) in [5, 5.41) is 3.40. The van der Waals surface area contributed by atoms with E-state index in [2.05, 4.69) is 31.0 Å². The number of hydrogen-bond donors (Lipinski definition) is 1. The summed E-state index contributed by atoms with van der Waals surface area (Å²) in [6, 6.07) is 0.992. The normalized spacial score (nSPS) is 33.4. The molecule has 0 bridgehead atoms. The Morgan fingerprint density at radius 2 is 2.00 bits per heavy atom. The van der Waals surface area contributed by atoms with E-state index in [1.807, 2.05) is 0 Å². The molecule has 0 aromatic rings. The first-order valence-corrected chi connectivity index (χ1v) is 7.70. The van der Waals surface area contributed by atoms with Crippen LogP contribution in [0.3, 0.4) is 0 Å². The number of carbonyl (C=O) groups is 1. The molecular formula is C15H28N2O. The van der Waals surface area contributed by atoms with Gasteiger partial charge in [-0.2, -0.15) is 0 Å². The maximum absolute atomic E-state index is 12.5. The Morgan fingerprint density at radius 3 is 2.67 bits per heavy atom. The number of rotatable bonds is 4. The van der Waals surface area contributed by atoms with Crippen LogP contribution in [0, 0.1) is 5.92 Å². The van der Waals surface area contributed by atoms with E-state index in [-0.39, 0.29) is 6.04 Å². The van der Waals surface area contributed by atoms with Gasteiger partial charge in [-0.25, -0.2) is 0 Å². The molecule has 1 saturated carbocycles. The van der Waals surface area contributed by atoms with Gasteiger partial charge in [-0.15, -0.1) is 0 Å². The van der Waals surface area contributed by atoms with E-state index < -0.39 is 0 Å². The molecule has 3 nitrogen and oxygen atoms in total. The second-order valence-electron chi connectivity index (χ2n) is 6.21. The fourth-order valence-corrected chi connectivity index (χ4v) is 3.66. The van der Waals surface area contributed by atoms with E-state index in [9.17, 15) is 4.79 Å². The number of nitrogens with zero attached hydrogens (tertiary/aromatic N) is 1. The van der Waals surface area contributed by atoms with E-state index in [0.717, 1.165) is 18.9 Å². The van der Waals surface area contributed by atoms with Crippen LogP contribution in [0.2, 0.25) is 0 Å². The van der Waals surface area contributed by atoms with Gasteiger partial charge in [0, 0.05) is 18.6 Å². The molecular weight excluding hydrogens is 224 g/mol. The fourth-order valence-electron chi connectivity index (χ4n) is 3.66. The number of likely N-dealkylation sites (tertiary alicyclic amines) is 1. The molecule has 2 rings (SSSR count). The van der Waals surface area contributed by atoms with Crippen LogP contribution in [0.4, 0.5) is 0 Å². The van der Waals surface area contributed by atoms with Gasteiger partial charge in [0.1, 0.15) is 0 Å². The third kappa shape index (κ3) is 2.87. The summed E-state index contributed by atoms with van der Waals surface area (Å²) in [6.45, 7) is 7.47. The molecule has 2 fully saturated rings. The second-order valence-corrected chi connectivity index (χ2v) is 6.21. The van der Waals surface area contributed by atoms with Crippen molar-refractivity contribution in [2.75, 3.05) is 6.54 Å². The standard InChI is InChI=1S/C15H28N2O/c1-4-12-7-5-6-8-14(12)17-10-9-13(15(17)18)16-11(2)3/h11-14,16H,4-10H2,1-3H3. The van der Waals surface area contributed by atoms with Gasteiger partial charge in [0.2, 0.25) is 5.91 Å². The van der Waals surface area contributed by atoms with Crippen molar-refractivity contribution in [3.8, 4) is 0 Å². The van der Waals surface area contributed by atoms with E-state index in [1.54, 1.807) is 0 Å². The Labute approximate surface area is 111 Å². The molecule has 2 aliphatic rings. The zero-order valence-corrected chi connectivity index (χ0v) is 12.1. The smallest absolute Gasteiger partial charge is 0.240 e. The van der Waals surface area contributed by atoms with Crippen molar-refractivity contribution < 1.29 is 4.79 Å². The average molecular weight is 252 g/mol. The summed E-state index contributed by atoms with van der Waals surface area (Å²) in [7, 11) is 0. The Morgan fingerprint density at radius 1 is 1.28 bits per heavy atom. The van der Waals surface area contributed by atoms with Gasteiger partial charge in [-0.3, -0.25) is 4.79 Å². The Balaban J connectivity index is 1.98. The molecule has 3 unspecified atom stereocenters. The first-order chi connectivity index (χ1) is 8.63. The molecule has 104 valence electrons. The van der Waals surface area contributed by atoms with E-state index >= 15 is 0 Å². The Kier molecular flexibility index (Phi) is 4.66. The highest BCUT2D eigenvalue weighted by atomic mass is 16.2. The third-order valence-corrected chi connectivity index (χ3v) is 4.57. The lowest BCUT2D eigenvalue weighted by molar-refractivity contribution is -0.133. The molecule has 1 N–H and O–H groups in total. The molecule has 3 heteroatoms. The highest BCUT2D eigenvalue weighted by molar-refractivity contribution is 5.84. The summed E-state index contributed by atoms with van der Waals surface area (Å²) in [5.41, 5.74) is 0. The second kappa shape index (κ2) is 6.05. The number of nitrogens with one attached hydrogen (secondary N) is 1. The summed E-state index contributed by atoms with van der Waals surface area (Å²) < 4.78 is 0. The summed E-state index contributed by atoms with van der Waals surface area (Å²) >= 11 is 0. The molecule has 1 aliphatic heterocycles. The van der Waals surface area contributed by atoms with Crippen LogP contribution in [-0.2, 0) is 4.79 Å². The molecule has 3 atom stereocenters. The van der Waals surface area contributed by atoms with Crippen LogP contribution in [0.25, 0.3) is 0 Å². The van der Waals surface area contributed by atoms with Gasteiger partial charge in [-0.05, 0) is 25.2 Å². The van der Waals surface area contributed by atoms with Gasteiger partial charge in [0.15, 0.2) is 0 Å². The Bertz CT molecular complexity index is 290. The molecule has 0 aromatic heterocycles. The summed E-state index contributed by atoms with van der Waals surface area (Å²) in [6.07, 6.45) is 7.39. The third-order valence-electron chi connectivity index (χ3n) is 4.57. The monoisotopic (exact) mass is 252 g/mol. The summed E-state index contributed by atoms with van der Waals surface area (Å²) in [4.78, 5) is 14.7. The molecule has 0 spiro atoms. The van der Waals surface area contributed by atoms with Crippen LogP contribution in [0.5, 0.6) is 0 Å². The highest BCUT2D eigenvalue weighted by Crippen LogP contribution is 2.33. The van der Waals surface area contributed by atoms with Crippen molar-refractivity contribution in [3.05, 3.63) is 0 Å². The highest BCUT2D eigenvalue weighted by Gasteiger charge is 2.39. The van der Waals surface area contributed by atoms with Gasteiger partial charge in [-0.1, -0.05) is 40.0 Å². The molecule has 1 saturated heterocycles. The maximum Gasteiger partial charge on any atom is 0.240 e. The van der Waals surface area contributed by atoms with Crippen LogP contribution in [0.15, 0.2) is 0 Å². The number of hydrogen-bond acceptors (Lipinski definition) is 2. The molecule has 0 radical (unpaired) electrons. The maximum atomic E-state index is 12.5. The van der Waals surface area contributed by atoms with E-state index in [0.29, 0.717) is 18.0 Å². The van der Waals surface area contributed by atoms with Crippen molar-refractivity contribution in [1.82, 2.24) is 10.2 Å². The lowest BCUT2D eigenvalue weighted by atomic mass is 9.82. The van der Waals surface area contributed by atoms with Crippen molar-refractivity contribution in [1.29, 1.82) is 0 Å². The van der Waals surface area contributed by atoms with Crippen LogP contribution >= 0.6 is 0 Å². The van der Waals surface area contributed by atoms with Gasteiger partial charge in [0.05, 0.1) is 6.04 Å². The Hall–Kier alpha value is -0.570. The summed E-state index contributed by atoms with van der Waals surface area (Å²) in [5.74, 6) is 1.09. The predicted octanol–water partition coefficient (Wildman–Crippen LogP) is 2.55. The minimum absolute atomic E-state index is 0.0735. The zero-order valence-electron chi connectivity index (χ0n) is 12.1. The largest absolute Gasteiger partial charge is 0.338 e. The topological polar surface area (TPSA) is 32.3 Å². The van der Waals surface area contributed by atoms with Gasteiger partial charge < -0.3 is 10.2 Å². The van der Waals surface area contributed by atoms with Crippen molar-refractivity contribution >= 4 is 5.91 Å². The minimum atomic E-state index is 0.0735. The van der Waals surface area contributed by atoms with Gasteiger partial charge in [0.25, 0.3) is 0 Å². The zero-order chi connectivity index (χ0) is 13.1. The van der Waals surface area contributed by atoms with Crippen molar-refractivity contribution in [2.45, 2.75) is 77.4 Å². The van der Waals surface area contributed by atoms with Crippen LogP contribution < -0.4 is 5.32 Å². The predicted molar refractivity (Wildman–Crippen MR) is 74.4 cm³/mol. The van der Waals surface area contributed by atoms with E-state index in [4.69, 9.17) is 0 Å². The lowest BCUT2D eigenvalue weighted by Gasteiger charge is -2.38. The quantitative estimate of drug-likeness (QED) is 0.834. The number of carbonyl (C=O) groups excluding carboxylic acids is 1. The van der Waals surface area contributed by atoms with E-state index in [1.165, 1.54) is 32.1 Å². The van der Waals surface area contributed by atoms with Crippen molar-refractivity contribution in [3.63, 3.8) is 0 Å². The first kappa shape index (κ1) is 13.9. The fraction of sp³-hybridized carbons (Fsp3) is 0.933. The first-order valence-electron chi connectivity index (χ1n) is 7.70. The SMILES string of the molecule is CCC1CCCCC1N1CCC(NC(C)C)C1=O.